The Morgan fingerprint density at radius 2 is 1.76 bits per heavy atom. The van der Waals surface area contributed by atoms with Gasteiger partial charge in [-0.05, 0) is 63.6 Å². The molecule has 2 saturated carbocycles. The van der Waals surface area contributed by atoms with E-state index in [4.69, 9.17) is 16.3 Å². The van der Waals surface area contributed by atoms with E-state index < -0.39 is 110 Å². The van der Waals surface area contributed by atoms with Crippen molar-refractivity contribution in [2.24, 2.45) is 11.8 Å². The second kappa shape index (κ2) is 16.2. The molecule has 6 rings (SSSR count). The van der Waals surface area contributed by atoms with Gasteiger partial charge in [0.2, 0.25) is 27.7 Å². The first-order chi connectivity index (χ1) is 27.3. The van der Waals surface area contributed by atoms with Crippen LogP contribution >= 0.6 is 11.6 Å². The maximum absolute atomic E-state index is 15.0. The SMILES string of the molecule is C=C[C@@H]1C[C@]1(NC(=O)[C@@H]1C[C@@H](C2c3cccc(F)c3CN2C(=O)O)CN1C(=O)[C@H](CNC(=O)C(Cl)c1ccccc1)NC(=O)OC(C)(C)C)C(=O)NS(=O)(=O)C1CC1. The predicted octanol–water partition coefficient (Wildman–Crippen LogP) is 3.24. The Kier molecular flexibility index (Phi) is 11.8. The molecule has 2 aromatic carbocycles. The van der Waals surface area contributed by atoms with Gasteiger partial charge in [0, 0.05) is 30.5 Å². The molecule has 0 bridgehead atoms. The van der Waals surface area contributed by atoms with E-state index >= 15 is 4.39 Å². The van der Waals surface area contributed by atoms with E-state index in [1.54, 1.807) is 57.2 Å². The highest BCUT2D eigenvalue weighted by molar-refractivity contribution is 7.91. The van der Waals surface area contributed by atoms with Crippen LogP contribution < -0.4 is 20.7 Å². The van der Waals surface area contributed by atoms with Gasteiger partial charge < -0.3 is 30.7 Å². The first-order valence-electron chi connectivity index (χ1n) is 18.8. The van der Waals surface area contributed by atoms with Crippen LogP contribution in [0.4, 0.5) is 14.0 Å². The van der Waals surface area contributed by atoms with E-state index in [0.29, 0.717) is 24.0 Å². The Morgan fingerprint density at radius 3 is 2.36 bits per heavy atom. The number of hydrogen-bond donors (Lipinski definition) is 5. The molecule has 0 aromatic heterocycles. The molecule has 5 N–H and O–H groups in total. The summed E-state index contributed by atoms with van der Waals surface area (Å²) in [5.41, 5.74) is -1.78. The number of amides is 6. The monoisotopic (exact) mass is 844 g/mol. The van der Waals surface area contributed by atoms with Crippen molar-refractivity contribution in [1.82, 2.24) is 30.5 Å². The zero-order chi connectivity index (χ0) is 42.3. The summed E-state index contributed by atoms with van der Waals surface area (Å²) in [6, 6.07) is 8.56. The number of fused-ring (bicyclic) bond motifs is 1. The molecule has 2 heterocycles. The van der Waals surface area contributed by atoms with Crippen molar-refractivity contribution < 1.29 is 51.4 Å². The van der Waals surface area contributed by atoms with E-state index in [2.05, 4.69) is 27.3 Å². The number of halogens is 2. The zero-order valence-electron chi connectivity index (χ0n) is 32.1. The van der Waals surface area contributed by atoms with Crippen molar-refractivity contribution in [3.05, 3.63) is 83.7 Å². The number of nitrogens with one attached hydrogen (secondary N) is 4. The van der Waals surface area contributed by atoms with Crippen LogP contribution in [-0.2, 0) is 40.5 Å². The van der Waals surface area contributed by atoms with Gasteiger partial charge in [0.05, 0.1) is 17.8 Å². The van der Waals surface area contributed by atoms with Crippen molar-refractivity contribution in [1.29, 1.82) is 0 Å². The fourth-order valence-corrected chi connectivity index (χ4v) is 9.26. The molecule has 19 heteroatoms. The van der Waals surface area contributed by atoms with Gasteiger partial charge >= 0.3 is 12.2 Å². The number of alkyl carbamates (subject to hydrolysis) is 1. The van der Waals surface area contributed by atoms with Crippen LogP contribution in [-0.4, -0.2) is 101 Å². The van der Waals surface area contributed by atoms with Crippen LogP contribution in [0, 0.1) is 17.7 Å². The number of benzene rings is 2. The number of ether oxygens (including phenoxy) is 1. The number of sulfonamides is 1. The van der Waals surface area contributed by atoms with Crippen molar-refractivity contribution in [3.63, 3.8) is 0 Å². The minimum absolute atomic E-state index is 0.0102. The van der Waals surface area contributed by atoms with Gasteiger partial charge in [0.1, 0.15) is 34.4 Å². The summed E-state index contributed by atoms with van der Waals surface area (Å²) >= 11 is 6.44. The van der Waals surface area contributed by atoms with Gasteiger partial charge in [0.25, 0.3) is 5.91 Å². The second-order valence-electron chi connectivity index (χ2n) is 16.1. The fourth-order valence-electron chi connectivity index (χ4n) is 7.68. The summed E-state index contributed by atoms with van der Waals surface area (Å²) in [4.78, 5) is 83.8. The molecule has 2 unspecified atom stereocenters. The highest BCUT2D eigenvalue weighted by Gasteiger charge is 2.62. The molecule has 6 amide bonds. The van der Waals surface area contributed by atoms with Crippen molar-refractivity contribution >= 4 is 57.4 Å². The Hall–Kier alpha value is -5.23. The Bertz CT molecular complexity index is 2120. The number of carbonyl (C=O) groups excluding carboxylic acids is 5. The highest BCUT2D eigenvalue weighted by atomic mass is 35.5. The molecule has 3 fully saturated rings. The summed E-state index contributed by atoms with van der Waals surface area (Å²) in [6.07, 6.45) is -0.414. The average Bonchev–Trinajstić information content (AvgIpc) is 4.06. The number of carboxylic acid groups (broad SMARTS) is 1. The molecular formula is C39H46ClFN6O10S. The maximum Gasteiger partial charge on any atom is 0.408 e. The summed E-state index contributed by atoms with van der Waals surface area (Å²) in [6.45, 7) is 7.41. The fraction of sp³-hybridized carbons (Fsp3) is 0.487. The van der Waals surface area contributed by atoms with Gasteiger partial charge in [-0.3, -0.25) is 28.8 Å². The second-order valence-corrected chi connectivity index (χ2v) is 18.5. The molecule has 1 saturated heterocycles. The van der Waals surface area contributed by atoms with E-state index in [9.17, 15) is 42.3 Å². The van der Waals surface area contributed by atoms with E-state index in [1.165, 1.54) is 18.2 Å². The van der Waals surface area contributed by atoms with Crippen molar-refractivity contribution in [2.45, 2.75) is 92.9 Å². The molecule has 2 aliphatic carbocycles. The van der Waals surface area contributed by atoms with Gasteiger partial charge in [-0.2, -0.15) is 0 Å². The highest BCUT2D eigenvalue weighted by Crippen LogP contribution is 2.47. The Balaban J connectivity index is 1.33. The van der Waals surface area contributed by atoms with Crippen LogP contribution in [0.3, 0.4) is 0 Å². The van der Waals surface area contributed by atoms with E-state index in [-0.39, 0.29) is 31.5 Å². The zero-order valence-corrected chi connectivity index (χ0v) is 33.6. The Morgan fingerprint density at radius 1 is 1.07 bits per heavy atom. The quantitative estimate of drug-likeness (QED) is 0.146. The number of rotatable bonds is 13. The lowest BCUT2D eigenvalue weighted by Gasteiger charge is -2.31. The molecule has 2 aliphatic heterocycles. The molecule has 312 valence electrons. The summed E-state index contributed by atoms with van der Waals surface area (Å²) < 4.78 is 48.0. The normalized spacial score (nSPS) is 24.8. The van der Waals surface area contributed by atoms with Gasteiger partial charge in [-0.15, -0.1) is 18.2 Å². The standard InChI is InChI=1S/C39H46ClFN6O10S/c1-5-23-17-39(23,35(51)45-58(55,56)24-14-15-24)44-32(48)29-16-22(31-25-12-9-13-27(41)26(25)20-47(31)37(53)54)19-46(29)34(50)28(43-36(52)57-38(2,3)4)18-42-33(49)30(40)21-10-7-6-8-11-21/h5-13,22-24,28-31H,1,14-20H2,2-4H3,(H,42,49)(H,43,52)(H,44,48)(H,45,51)(H,53,54)/t22-,23-,28+,29+,30?,31?,39-/m1/s1. The summed E-state index contributed by atoms with van der Waals surface area (Å²) in [7, 11) is -4.02. The van der Waals surface area contributed by atoms with E-state index in [1.807, 2.05) is 0 Å². The lowest BCUT2D eigenvalue weighted by Crippen LogP contribution is -2.60. The molecular weight excluding hydrogens is 799 g/mol. The van der Waals surface area contributed by atoms with Gasteiger partial charge in [-0.1, -0.05) is 48.5 Å². The smallest absolute Gasteiger partial charge is 0.408 e. The number of alkyl halides is 1. The molecule has 2 aromatic rings. The molecule has 0 radical (unpaired) electrons. The third kappa shape index (κ3) is 8.92. The average molecular weight is 845 g/mol. The van der Waals surface area contributed by atoms with Crippen molar-refractivity contribution in [2.75, 3.05) is 13.1 Å². The number of hydrogen-bond acceptors (Lipinski definition) is 9. The number of nitrogens with zero attached hydrogens (tertiary/aromatic N) is 2. The predicted molar refractivity (Wildman–Crippen MR) is 207 cm³/mol. The molecule has 7 atom stereocenters. The lowest BCUT2D eigenvalue weighted by atomic mass is 9.90. The third-order valence-electron chi connectivity index (χ3n) is 10.8. The van der Waals surface area contributed by atoms with Crippen molar-refractivity contribution in [3.8, 4) is 0 Å². The van der Waals surface area contributed by atoms with Gasteiger partial charge in [0.15, 0.2) is 0 Å². The minimum atomic E-state index is -4.02. The first-order valence-corrected chi connectivity index (χ1v) is 20.8. The first kappa shape index (κ1) is 42.4. The third-order valence-corrected chi connectivity index (χ3v) is 13.1. The number of carbonyl (C=O) groups is 6. The topological polar surface area (TPSA) is 221 Å². The maximum atomic E-state index is 15.0. The van der Waals surface area contributed by atoms with Crippen LogP contribution in [0.15, 0.2) is 61.2 Å². The minimum Gasteiger partial charge on any atom is -0.465 e. The Labute approximate surface area is 339 Å². The van der Waals surface area contributed by atoms with Gasteiger partial charge in [-0.25, -0.2) is 22.4 Å². The van der Waals surface area contributed by atoms with E-state index in [0.717, 1.165) is 9.80 Å². The molecule has 4 aliphatic rings. The van der Waals surface area contributed by atoms with Crippen LogP contribution in [0.1, 0.15) is 74.6 Å². The van der Waals surface area contributed by atoms with Crippen LogP contribution in [0.25, 0.3) is 0 Å². The van der Waals surface area contributed by atoms with Crippen LogP contribution in [0.5, 0.6) is 0 Å². The molecule has 0 spiro atoms. The largest absolute Gasteiger partial charge is 0.465 e. The van der Waals surface area contributed by atoms with Crippen LogP contribution in [0.2, 0.25) is 0 Å². The lowest BCUT2D eigenvalue weighted by molar-refractivity contribution is -0.141. The summed E-state index contributed by atoms with van der Waals surface area (Å²) in [5, 5.41) is 16.0. The molecule has 16 nitrogen and oxygen atoms in total. The molecule has 58 heavy (non-hydrogen) atoms. The summed E-state index contributed by atoms with van der Waals surface area (Å²) in [5.74, 6) is -5.54. The number of likely N-dealkylation sites (tertiary alicyclic amines) is 1.